The molecule has 2 rings (SSSR count). The molecule has 1 aliphatic rings. The number of alkyl halides is 1. The van der Waals surface area contributed by atoms with Crippen molar-refractivity contribution in [1.29, 1.82) is 5.26 Å². The van der Waals surface area contributed by atoms with Crippen molar-refractivity contribution in [2.45, 2.75) is 17.7 Å². The third-order valence-electron chi connectivity index (χ3n) is 2.76. The predicted molar refractivity (Wildman–Crippen MR) is 66.8 cm³/mol. The van der Waals surface area contributed by atoms with Crippen molar-refractivity contribution in [2.75, 3.05) is 13.1 Å². The molecule has 17 heavy (non-hydrogen) atoms. The van der Waals surface area contributed by atoms with Crippen LogP contribution in [0.5, 0.6) is 0 Å². The molecule has 88 valence electrons. The highest BCUT2D eigenvalue weighted by Gasteiger charge is 2.23. The molecule has 0 radical (unpaired) electrons. The lowest BCUT2D eigenvalue weighted by Gasteiger charge is -2.29. The Morgan fingerprint density at radius 3 is 3.00 bits per heavy atom. The molecule has 0 aromatic carbocycles. The number of pyridine rings is 1. The van der Waals surface area contributed by atoms with E-state index >= 15 is 0 Å². The highest BCUT2D eigenvalue weighted by atomic mass is 79.9. The number of piperidine rings is 1. The molecule has 1 amide bonds. The summed E-state index contributed by atoms with van der Waals surface area (Å²) < 4.78 is 0. The normalized spacial score (nSPS) is 19.8. The summed E-state index contributed by atoms with van der Waals surface area (Å²) in [6, 6.07) is 5.22. The molecule has 0 aliphatic carbocycles. The fourth-order valence-electron chi connectivity index (χ4n) is 1.86. The zero-order valence-electron chi connectivity index (χ0n) is 9.27. The van der Waals surface area contributed by atoms with Crippen LogP contribution in [-0.4, -0.2) is 33.7 Å². The topological polar surface area (TPSA) is 57.0 Å². The second-order valence-electron chi connectivity index (χ2n) is 4.03. The molecule has 0 N–H and O–H groups in total. The van der Waals surface area contributed by atoms with Gasteiger partial charge in [-0.15, -0.1) is 0 Å². The summed E-state index contributed by atoms with van der Waals surface area (Å²) in [5, 5.41) is 8.66. The monoisotopic (exact) mass is 293 g/mol. The maximum atomic E-state index is 12.1. The molecule has 1 aromatic heterocycles. The zero-order chi connectivity index (χ0) is 12.3. The summed E-state index contributed by atoms with van der Waals surface area (Å²) in [5.74, 6) is -0.0568. The molecule has 1 unspecified atom stereocenters. The first-order chi connectivity index (χ1) is 8.20. The van der Waals surface area contributed by atoms with Gasteiger partial charge >= 0.3 is 0 Å². The fraction of sp³-hybridized carbons (Fsp3) is 0.417. The quantitative estimate of drug-likeness (QED) is 0.744. The van der Waals surface area contributed by atoms with Crippen molar-refractivity contribution in [1.82, 2.24) is 9.88 Å². The van der Waals surface area contributed by atoms with Gasteiger partial charge in [-0.2, -0.15) is 5.26 Å². The van der Waals surface area contributed by atoms with Crippen molar-refractivity contribution < 1.29 is 4.79 Å². The van der Waals surface area contributed by atoms with E-state index in [-0.39, 0.29) is 5.91 Å². The van der Waals surface area contributed by atoms with Crippen molar-refractivity contribution in [3.63, 3.8) is 0 Å². The Morgan fingerprint density at radius 2 is 2.41 bits per heavy atom. The Kier molecular flexibility index (Phi) is 3.75. The van der Waals surface area contributed by atoms with Crippen LogP contribution < -0.4 is 0 Å². The molecule has 1 saturated heterocycles. The second kappa shape index (κ2) is 5.28. The van der Waals surface area contributed by atoms with Gasteiger partial charge in [0.15, 0.2) is 0 Å². The van der Waals surface area contributed by atoms with E-state index in [0.29, 0.717) is 16.1 Å². The van der Waals surface area contributed by atoms with E-state index in [1.807, 2.05) is 6.07 Å². The predicted octanol–water partition coefficient (Wildman–Crippen LogP) is 1.95. The van der Waals surface area contributed by atoms with Gasteiger partial charge in [-0.05, 0) is 25.0 Å². The van der Waals surface area contributed by atoms with Gasteiger partial charge in [-0.1, -0.05) is 15.9 Å². The summed E-state index contributed by atoms with van der Waals surface area (Å²) in [6.45, 7) is 1.50. The SMILES string of the molecule is N#Cc1ccc(C(=O)N2CCCC(Br)C2)nc1. The standard InChI is InChI=1S/C12H12BrN3O/c13-10-2-1-5-16(8-10)12(17)11-4-3-9(6-14)7-15-11/h3-4,7,10H,1-2,5,8H2. The van der Waals surface area contributed by atoms with Crippen LogP contribution >= 0.6 is 15.9 Å². The van der Waals surface area contributed by atoms with Crippen LogP contribution in [0.15, 0.2) is 18.3 Å². The average Bonchev–Trinajstić information content (AvgIpc) is 2.38. The third kappa shape index (κ3) is 2.83. The number of hydrogen-bond donors (Lipinski definition) is 0. The van der Waals surface area contributed by atoms with Gasteiger partial charge in [0.1, 0.15) is 11.8 Å². The number of aromatic nitrogens is 1. The number of carbonyl (C=O) groups excluding carboxylic acids is 1. The lowest BCUT2D eigenvalue weighted by atomic mass is 10.1. The molecule has 2 heterocycles. The van der Waals surface area contributed by atoms with Crippen LogP contribution in [0.2, 0.25) is 0 Å². The molecule has 1 atom stereocenters. The smallest absolute Gasteiger partial charge is 0.272 e. The molecule has 4 nitrogen and oxygen atoms in total. The Balaban J connectivity index is 2.11. The number of halogens is 1. The fourth-order valence-corrected chi connectivity index (χ4v) is 2.53. The van der Waals surface area contributed by atoms with Crippen molar-refractivity contribution in [3.8, 4) is 6.07 Å². The van der Waals surface area contributed by atoms with E-state index < -0.39 is 0 Å². The minimum Gasteiger partial charge on any atom is -0.336 e. The van der Waals surface area contributed by atoms with Crippen LogP contribution in [0, 0.1) is 11.3 Å². The van der Waals surface area contributed by atoms with Gasteiger partial charge in [0.05, 0.1) is 5.56 Å². The maximum Gasteiger partial charge on any atom is 0.272 e. The number of hydrogen-bond acceptors (Lipinski definition) is 3. The van der Waals surface area contributed by atoms with E-state index in [4.69, 9.17) is 5.26 Å². The number of nitriles is 1. The highest BCUT2D eigenvalue weighted by Crippen LogP contribution is 2.18. The lowest BCUT2D eigenvalue weighted by Crippen LogP contribution is -2.40. The van der Waals surface area contributed by atoms with Gasteiger partial charge in [0, 0.05) is 24.1 Å². The van der Waals surface area contributed by atoms with E-state index in [1.54, 1.807) is 17.0 Å². The third-order valence-corrected chi connectivity index (χ3v) is 3.51. The minimum atomic E-state index is -0.0568. The number of carbonyl (C=O) groups is 1. The van der Waals surface area contributed by atoms with Crippen molar-refractivity contribution in [2.24, 2.45) is 0 Å². The number of nitrogens with zero attached hydrogens (tertiary/aromatic N) is 3. The van der Waals surface area contributed by atoms with Gasteiger partial charge in [0.2, 0.25) is 0 Å². The summed E-state index contributed by atoms with van der Waals surface area (Å²) in [6.07, 6.45) is 3.55. The Labute approximate surface area is 108 Å². The van der Waals surface area contributed by atoms with Crippen molar-refractivity contribution in [3.05, 3.63) is 29.6 Å². The van der Waals surface area contributed by atoms with E-state index in [9.17, 15) is 4.79 Å². The van der Waals surface area contributed by atoms with Gasteiger partial charge in [-0.3, -0.25) is 4.79 Å². The first-order valence-corrected chi connectivity index (χ1v) is 6.42. The van der Waals surface area contributed by atoms with Crippen LogP contribution in [-0.2, 0) is 0 Å². The average molecular weight is 294 g/mol. The molecular formula is C12H12BrN3O. The second-order valence-corrected chi connectivity index (χ2v) is 5.33. The molecule has 0 bridgehead atoms. The highest BCUT2D eigenvalue weighted by molar-refractivity contribution is 9.09. The molecule has 5 heteroatoms. The molecular weight excluding hydrogens is 282 g/mol. The van der Waals surface area contributed by atoms with Crippen LogP contribution in [0.1, 0.15) is 28.9 Å². The Bertz CT molecular complexity index is 452. The zero-order valence-corrected chi connectivity index (χ0v) is 10.9. The molecule has 0 spiro atoms. The van der Waals surface area contributed by atoms with Crippen LogP contribution in [0.25, 0.3) is 0 Å². The van der Waals surface area contributed by atoms with Crippen LogP contribution in [0.3, 0.4) is 0 Å². The van der Waals surface area contributed by atoms with Gasteiger partial charge in [-0.25, -0.2) is 4.98 Å². The first kappa shape index (κ1) is 12.1. The maximum absolute atomic E-state index is 12.1. The number of amides is 1. The first-order valence-electron chi connectivity index (χ1n) is 5.50. The summed E-state index contributed by atoms with van der Waals surface area (Å²) in [4.78, 5) is 18.3. The van der Waals surface area contributed by atoms with Crippen molar-refractivity contribution >= 4 is 21.8 Å². The Morgan fingerprint density at radius 1 is 1.59 bits per heavy atom. The molecule has 1 fully saturated rings. The lowest BCUT2D eigenvalue weighted by molar-refractivity contribution is 0.0724. The molecule has 0 saturated carbocycles. The van der Waals surface area contributed by atoms with Crippen LogP contribution in [0.4, 0.5) is 0 Å². The number of likely N-dealkylation sites (tertiary alicyclic amines) is 1. The van der Waals surface area contributed by atoms with E-state index in [0.717, 1.165) is 25.9 Å². The summed E-state index contributed by atoms with van der Waals surface area (Å²) in [5.41, 5.74) is 0.879. The Hall–Kier alpha value is -1.41. The van der Waals surface area contributed by atoms with Gasteiger partial charge < -0.3 is 4.90 Å². The van der Waals surface area contributed by atoms with Gasteiger partial charge in [0.25, 0.3) is 5.91 Å². The largest absolute Gasteiger partial charge is 0.336 e. The molecule has 1 aliphatic heterocycles. The number of rotatable bonds is 1. The molecule has 1 aromatic rings. The van der Waals surface area contributed by atoms with E-state index in [1.165, 1.54) is 6.20 Å². The summed E-state index contributed by atoms with van der Waals surface area (Å²) >= 11 is 3.53. The minimum absolute atomic E-state index is 0.0568. The summed E-state index contributed by atoms with van der Waals surface area (Å²) in [7, 11) is 0. The van der Waals surface area contributed by atoms with E-state index in [2.05, 4.69) is 20.9 Å².